The van der Waals surface area contributed by atoms with Crippen LogP contribution in [0.3, 0.4) is 0 Å². The number of carbonyl (C=O) groups excluding carboxylic acids is 1. The number of aromatic nitrogens is 3. The van der Waals surface area contributed by atoms with Gasteiger partial charge in [0.25, 0.3) is 5.56 Å². The van der Waals surface area contributed by atoms with E-state index in [1.807, 2.05) is 60.7 Å². The lowest BCUT2D eigenvalue weighted by Crippen LogP contribution is -2.22. The molecule has 2 aromatic heterocycles. The molecule has 0 aliphatic rings. The quantitative estimate of drug-likeness (QED) is 0.108. The minimum absolute atomic E-state index is 0.216. The maximum atomic E-state index is 13.8. The van der Waals surface area contributed by atoms with Gasteiger partial charge in [0.2, 0.25) is 0 Å². The van der Waals surface area contributed by atoms with E-state index >= 15 is 0 Å². The van der Waals surface area contributed by atoms with E-state index in [2.05, 4.69) is 57.8 Å². The molecule has 8 heteroatoms. The Bertz CT molecular complexity index is 2080. The van der Waals surface area contributed by atoms with Gasteiger partial charge in [-0.05, 0) is 73.0 Å². The van der Waals surface area contributed by atoms with Gasteiger partial charge in [0.15, 0.2) is 0 Å². The lowest BCUT2D eigenvalue weighted by molar-refractivity contribution is 0.0526. The number of rotatable bonds is 10. The highest BCUT2D eigenvalue weighted by Crippen LogP contribution is 2.35. The smallest absolute Gasteiger partial charge is 0.338 e. The highest BCUT2D eigenvalue weighted by Gasteiger charge is 2.20. The van der Waals surface area contributed by atoms with E-state index in [-0.39, 0.29) is 11.5 Å². The van der Waals surface area contributed by atoms with Crippen LogP contribution in [0.25, 0.3) is 39.1 Å². The van der Waals surface area contributed by atoms with Crippen LogP contribution in [0.1, 0.15) is 48.4 Å². The number of carbonyl (C=O) groups is 1. The molecule has 0 bridgehead atoms. The van der Waals surface area contributed by atoms with Crippen molar-refractivity contribution in [1.29, 1.82) is 0 Å². The first-order valence-electron chi connectivity index (χ1n) is 15.4. The van der Waals surface area contributed by atoms with Crippen molar-refractivity contribution in [2.45, 2.75) is 33.1 Å². The van der Waals surface area contributed by atoms with Crippen LogP contribution in [0, 0.1) is 0 Å². The standard InChI is InChI=1S/C38H33BrN4O3/c1-3-5-16-35-41-33-22-19-30(39)24-32(33)37(44)43(35)40-25-29-23-34(26-12-8-6-9-13-26)42(36(29)27-14-10-7-11-15-27)31-20-17-28(18-21-31)38(45)46-4-2/h6-15,17-25H,3-5,16H2,1-2H3. The Hall–Kier alpha value is -5.08. The zero-order valence-electron chi connectivity index (χ0n) is 25.7. The third-order valence-corrected chi connectivity index (χ3v) is 8.22. The Kier molecular flexibility index (Phi) is 9.36. The molecule has 6 rings (SSSR count). The number of hydrogen-bond donors (Lipinski definition) is 0. The average molecular weight is 674 g/mol. The van der Waals surface area contributed by atoms with Gasteiger partial charge >= 0.3 is 5.97 Å². The molecule has 7 nitrogen and oxygen atoms in total. The van der Waals surface area contributed by atoms with Crippen molar-refractivity contribution in [3.63, 3.8) is 0 Å². The fourth-order valence-electron chi connectivity index (χ4n) is 5.50. The Morgan fingerprint density at radius 1 is 0.891 bits per heavy atom. The molecular weight excluding hydrogens is 640 g/mol. The molecule has 0 spiro atoms. The molecule has 4 aromatic carbocycles. The SMILES string of the molecule is CCCCc1nc2ccc(Br)cc2c(=O)n1N=Cc1cc(-c2ccccc2)n(-c2ccc(C(=O)OCC)cc2)c1-c1ccccc1. The monoisotopic (exact) mass is 672 g/mol. The van der Waals surface area contributed by atoms with Crippen molar-refractivity contribution < 1.29 is 9.53 Å². The van der Waals surface area contributed by atoms with Gasteiger partial charge in [-0.3, -0.25) is 4.79 Å². The maximum absolute atomic E-state index is 13.8. The number of ether oxygens (including phenoxy) is 1. The first-order valence-corrected chi connectivity index (χ1v) is 16.2. The molecule has 230 valence electrons. The zero-order valence-corrected chi connectivity index (χ0v) is 27.3. The number of hydrogen-bond acceptors (Lipinski definition) is 5. The molecule has 0 aliphatic heterocycles. The fourth-order valence-corrected chi connectivity index (χ4v) is 5.86. The van der Waals surface area contributed by atoms with Crippen molar-refractivity contribution in [3.8, 4) is 28.2 Å². The van der Waals surface area contributed by atoms with Crippen LogP contribution in [0.4, 0.5) is 0 Å². The molecule has 0 saturated carbocycles. The van der Waals surface area contributed by atoms with Gasteiger partial charge in [-0.25, -0.2) is 9.78 Å². The van der Waals surface area contributed by atoms with E-state index < -0.39 is 0 Å². The molecule has 0 N–H and O–H groups in total. The summed E-state index contributed by atoms with van der Waals surface area (Å²) in [6.45, 7) is 4.22. The average Bonchev–Trinajstić information content (AvgIpc) is 3.47. The second kappa shape index (κ2) is 13.9. The molecule has 0 atom stereocenters. The van der Waals surface area contributed by atoms with Gasteiger partial charge in [-0.1, -0.05) is 89.9 Å². The van der Waals surface area contributed by atoms with Gasteiger partial charge in [0, 0.05) is 22.1 Å². The third-order valence-electron chi connectivity index (χ3n) is 7.73. The summed E-state index contributed by atoms with van der Waals surface area (Å²) in [6, 6.07) is 35.2. The summed E-state index contributed by atoms with van der Waals surface area (Å²) in [5.74, 6) is 0.262. The zero-order chi connectivity index (χ0) is 32.0. The molecule has 46 heavy (non-hydrogen) atoms. The van der Waals surface area contributed by atoms with E-state index in [1.54, 1.807) is 31.3 Å². The van der Waals surface area contributed by atoms with Crippen LogP contribution in [0.5, 0.6) is 0 Å². The van der Waals surface area contributed by atoms with Gasteiger partial charge in [0.05, 0.1) is 40.7 Å². The molecule has 0 amide bonds. The summed E-state index contributed by atoms with van der Waals surface area (Å²) in [6.07, 6.45) is 4.23. The second-order valence-electron chi connectivity index (χ2n) is 10.8. The van der Waals surface area contributed by atoms with Crippen LogP contribution in [-0.4, -0.2) is 33.0 Å². The second-order valence-corrected chi connectivity index (χ2v) is 11.7. The van der Waals surface area contributed by atoms with Gasteiger partial charge in [-0.15, -0.1) is 0 Å². The largest absolute Gasteiger partial charge is 0.462 e. The first kappa shape index (κ1) is 30.9. The summed E-state index contributed by atoms with van der Waals surface area (Å²) >= 11 is 3.50. The number of benzene rings is 4. The van der Waals surface area contributed by atoms with Crippen LogP contribution in [0.15, 0.2) is 124 Å². The van der Waals surface area contributed by atoms with E-state index in [0.29, 0.717) is 35.3 Å². The number of nitrogens with zero attached hydrogens (tertiary/aromatic N) is 4. The number of esters is 1. The highest BCUT2D eigenvalue weighted by molar-refractivity contribution is 9.10. The van der Waals surface area contributed by atoms with Crippen LogP contribution < -0.4 is 5.56 Å². The topological polar surface area (TPSA) is 78.5 Å². The fraction of sp³-hybridized carbons (Fsp3) is 0.158. The van der Waals surface area contributed by atoms with Gasteiger partial charge in [0.1, 0.15) is 5.82 Å². The van der Waals surface area contributed by atoms with Crippen molar-refractivity contribution in [2.24, 2.45) is 5.10 Å². The summed E-state index contributed by atoms with van der Waals surface area (Å²) < 4.78 is 9.62. The predicted octanol–water partition coefficient (Wildman–Crippen LogP) is 8.69. The Labute approximate surface area is 275 Å². The lowest BCUT2D eigenvalue weighted by Gasteiger charge is -2.15. The van der Waals surface area contributed by atoms with E-state index in [4.69, 9.17) is 14.8 Å². The summed E-state index contributed by atoms with van der Waals surface area (Å²) in [5.41, 5.74) is 6.41. The Morgan fingerprint density at radius 2 is 1.59 bits per heavy atom. The lowest BCUT2D eigenvalue weighted by atomic mass is 10.1. The van der Waals surface area contributed by atoms with E-state index in [0.717, 1.165) is 51.1 Å². The molecule has 6 aromatic rings. The number of fused-ring (bicyclic) bond motifs is 1. The Morgan fingerprint density at radius 3 is 2.26 bits per heavy atom. The molecule has 0 radical (unpaired) electrons. The molecule has 0 unspecified atom stereocenters. The van der Waals surface area contributed by atoms with E-state index in [9.17, 15) is 9.59 Å². The van der Waals surface area contributed by atoms with E-state index in [1.165, 1.54) is 4.68 Å². The number of unbranched alkanes of at least 4 members (excludes halogenated alkanes) is 1. The van der Waals surface area contributed by atoms with Crippen molar-refractivity contribution in [2.75, 3.05) is 6.61 Å². The van der Waals surface area contributed by atoms with Crippen LogP contribution >= 0.6 is 15.9 Å². The molecule has 0 saturated heterocycles. The van der Waals surface area contributed by atoms with Crippen LogP contribution in [-0.2, 0) is 11.2 Å². The predicted molar refractivity (Wildman–Crippen MR) is 188 cm³/mol. The summed E-state index contributed by atoms with van der Waals surface area (Å²) in [4.78, 5) is 31.1. The molecule has 0 aliphatic carbocycles. The first-order chi connectivity index (χ1) is 22.5. The third kappa shape index (κ3) is 6.34. The van der Waals surface area contributed by atoms with Crippen molar-refractivity contribution in [1.82, 2.24) is 14.2 Å². The summed E-state index contributed by atoms with van der Waals surface area (Å²) in [7, 11) is 0. The van der Waals surface area contributed by atoms with Gasteiger partial charge in [-0.2, -0.15) is 9.78 Å². The highest BCUT2D eigenvalue weighted by atomic mass is 79.9. The number of halogens is 1. The summed E-state index contributed by atoms with van der Waals surface area (Å²) in [5, 5.41) is 5.32. The minimum atomic E-state index is -0.360. The molecule has 2 heterocycles. The minimum Gasteiger partial charge on any atom is -0.462 e. The van der Waals surface area contributed by atoms with Crippen molar-refractivity contribution >= 4 is 39.0 Å². The maximum Gasteiger partial charge on any atom is 0.338 e. The van der Waals surface area contributed by atoms with Gasteiger partial charge < -0.3 is 9.30 Å². The van der Waals surface area contributed by atoms with Crippen molar-refractivity contribution in [3.05, 3.63) is 141 Å². The number of aryl methyl sites for hydroxylation is 1. The molecular formula is C38H33BrN4O3. The Balaban J connectivity index is 1.58. The normalized spacial score (nSPS) is 11.4. The molecule has 0 fully saturated rings. The van der Waals surface area contributed by atoms with Crippen LogP contribution in [0.2, 0.25) is 0 Å².